The van der Waals surface area contributed by atoms with E-state index in [0.29, 0.717) is 17.8 Å². The lowest BCUT2D eigenvalue weighted by Gasteiger charge is -2.34. The minimum atomic E-state index is 0.300. The van der Waals surface area contributed by atoms with Gasteiger partial charge in [0, 0.05) is 5.92 Å². The molecule has 32 heavy (non-hydrogen) atoms. The molecule has 0 N–H and O–H groups in total. The summed E-state index contributed by atoms with van der Waals surface area (Å²) in [7, 11) is 0. The fourth-order valence-corrected chi connectivity index (χ4v) is 6.39. The first-order valence-electron chi connectivity index (χ1n) is 13.3. The first kappa shape index (κ1) is 23.1. The molecule has 0 amide bonds. The minimum Gasteiger partial charge on any atom is -0.198 e. The zero-order valence-electron chi connectivity index (χ0n) is 20.0. The molecule has 0 aliphatic heterocycles. The van der Waals surface area contributed by atoms with Crippen molar-refractivity contribution in [3.8, 4) is 17.2 Å². The Hall–Kier alpha value is -2.07. The van der Waals surface area contributed by atoms with E-state index in [9.17, 15) is 5.26 Å². The largest absolute Gasteiger partial charge is 0.198 e. The van der Waals surface area contributed by atoms with E-state index in [-0.39, 0.29) is 0 Å². The number of unbranched alkanes of at least 4 members (excludes halogenated alkanes) is 1. The van der Waals surface area contributed by atoms with Gasteiger partial charge in [-0.25, -0.2) is 0 Å². The van der Waals surface area contributed by atoms with Crippen LogP contribution >= 0.6 is 0 Å². The molecule has 0 radical (unpaired) electrons. The summed E-state index contributed by atoms with van der Waals surface area (Å²) in [6, 6.07) is 22.7. The molecule has 170 valence electrons. The number of hydrogen-bond donors (Lipinski definition) is 0. The van der Waals surface area contributed by atoms with Crippen LogP contribution in [0, 0.1) is 35.0 Å². The summed E-state index contributed by atoms with van der Waals surface area (Å²) in [6.07, 6.45) is 15.8. The van der Waals surface area contributed by atoms with Crippen LogP contribution in [-0.2, 0) is 0 Å². The molecule has 0 spiro atoms. The molecule has 2 aliphatic carbocycles. The van der Waals surface area contributed by atoms with Gasteiger partial charge in [-0.1, -0.05) is 93.6 Å². The van der Waals surface area contributed by atoms with Gasteiger partial charge in [-0.15, -0.1) is 0 Å². The van der Waals surface area contributed by atoms with Crippen molar-refractivity contribution in [1.82, 2.24) is 0 Å². The number of benzene rings is 2. The highest BCUT2D eigenvalue weighted by molar-refractivity contribution is 5.63. The van der Waals surface area contributed by atoms with Crippen LogP contribution in [0.4, 0.5) is 0 Å². The Morgan fingerprint density at radius 1 is 0.781 bits per heavy atom. The number of nitriles is 1. The molecular weight excluding hydrogens is 386 g/mol. The molecule has 2 aromatic rings. The van der Waals surface area contributed by atoms with Gasteiger partial charge in [-0.05, 0) is 85.3 Å². The summed E-state index contributed by atoms with van der Waals surface area (Å²) < 4.78 is 0. The quantitative estimate of drug-likeness (QED) is 0.412. The van der Waals surface area contributed by atoms with Crippen LogP contribution < -0.4 is 0 Å². The van der Waals surface area contributed by atoms with Gasteiger partial charge >= 0.3 is 0 Å². The van der Waals surface area contributed by atoms with Crippen LogP contribution in [0.5, 0.6) is 0 Å². The van der Waals surface area contributed by atoms with Crippen molar-refractivity contribution in [1.29, 1.82) is 5.26 Å². The number of rotatable bonds is 8. The van der Waals surface area contributed by atoms with Crippen LogP contribution in [0.3, 0.4) is 0 Å². The molecule has 0 heterocycles. The van der Waals surface area contributed by atoms with E-state index in [2.05, 4.69) is 67.6 Å². The smallest absolute Gasteiger partial charge is 0.0658 e. The van der Waals surface area contributed by atoms with Crippen molar-refractivity contribution in [2.75, 3.05) is 0 Å². The first-order chi connectivity index (χ1) is 15.8. The fraction of sp³-hybridized carbons (Fsp3) is 0.581. The van der Waals surface area contributed by atoms with Crippen molar-refractivity contribution in [3.63, 3.8) is 0 Å². The summed E-state index contributed by atoms with van der Waals surface area (Å²) in [6.45, 7) is 2.30. The Morgan fingerprint density at radius 2 is 1.41 bits per heavy atom. The molecule has 1 heteroatoms. The van der Waals surface area contributed by atoms with Crippen molar-refractivity contribution < 1.29 is 0 Å². The van der Waals surface area contributed by atoms with Crippen LogP contribution in [0.1, 0.15) is 95.5 Å². The summed E-state index contributed by atoms with van der Waals surface area (Å²) in [5.74, 6) is 3.37. The maximum Gasteiger partial charge on any atom is 0.0658 e. The summed E-state index contributed by atoms with van der Waals surface area (Å²) in [4.78, 5) is 0. The second-order valence-electron chi connectivity index (χ2n) is 10.6. The molecule has 1 atom stereocenters. The molecule has 2 aromatic carbocycles. The lowest BCUT2D eigenvalue weighted by atomic mass is 9.70. The zero-order valence-corrected chi connectivity index (χ0v) is 20.0. The van der Waals surface area contributed by atoms with Gasteiger partial charge in [0.15, 0.2) is 0 Å². The van der Waals surface area contributed by atoms with Gasteiger partial charge in [0.2, 0.25) is 0 Å². The van der Waals surface area contributed by atoms with Crippen molar-refractivity contribution >= 4 is 0 Å². The van der Waals surface area contributed by atoms with Crippen LogP contribution in [0.2, 0.25) is 0 Å². The summed E-state index contributed by atoms with van der Waals surface area (Å²) in [5.41, 5.74) is 4.11. The molecule has 2 aliphatic rings. The van der Waals surface area contributed by atoms with E-state index < -0.39 is 0 Å². The van der Waals surface area contributed by atoms with Crippen molar-refractivity contribution in [2.45, 2.75) is 89.9 Å². The van der Waals surface area contributed by atoms with Crippen molar-refractivity contribution in [2.24, 2.45) is 23.7 Å². The average Bonchev–Trinajstić information content (AvgIpc) is 2.87. The van der Waals surface area contributed by atoms with Crippen molar-refractivity contribution in [3.05, 3.63) is 60.2 Å². The standard InChI is InChI=1S/C31H41N/c1-2-3-7-24-10-14-30(15-11-24)31(23-32)22-25-12-16-27(17-13-25)29-20-18-28(19-21-29)26-8-5-4-6-9-26/h4-6,8-9,18-21,24-25,27,30-31H,2-3,7,10-17,22H2,1H3/t24-,25-,27-,30-,31?. The fourth-order valence-electron chi connectivity index (χ4n) is 6.39. The minimum absolute atomic E-state index is 0.300. The second kappa shape index (κ2) is 11.7. The Bertz CT molecular complexity index is 830. The van der Waals surface area contributed by atoms with E-state index in [0.717, 1.165) is 18.3 Å². The van der Waals surface area contributed by atoms with E-state index in [1.54, 1.807) is 0 Å². The van der Waals surface area contributed by atoms with E-state index >= 15 is 0 Å². The molecule has 0 aromatic heterocycles. The number of nitrogens with zero attached hydrogens (tertiary/aromatic N) is 1. The normalized spacial score (nSPS) is 26.9. The van der Waals surface area contributed by atoms with E-state index in [1.165, 1.54) is 87.3 Å². The SMILES string of the molecule is CCCC[C@H]1CC[C@H](C(C#N)C[C@H]2CC[C@H](c3ccc(-c4ccccc4)cc3)CC2)CC1. The van der Waals surface area contributed by atoms with Gasteiger partial charge in [0.25, 0.3) is 0 Å². The predicted octanol–water partition coefficient (Wildman–Crippen LogP) is 9.15. The lowest BCUT2D eigenvalue weighted by Crippen LogP contribution is -2.24. The topological polar surface area (TPSA) is 23.8 Å². The van der Waals surface area contributed by atoms with Crippen LogP contribution in [0.15, 0.2) is 54.6 Å². The van der Waals surface area contributed by atoms with Gasteiger partial charge < -0.3 is 0 Å². The maximum absolute atomic E-state index is 9.92. The highest BCUT2D eigenvalue weighted by Gasteiger charge is 2.31. The van der Waals surface area contributed by atoms with Gasteiger partial charge in [-0.2, -0.15) is 5.26 Å². The third-order valence-corrected chi connectivity index (χ3v) is 8.52. The predicted molar refractivity (Wildman–Crippen MR) is 135 cm³/mol. The molecule has 4 rings (SSSR count). The summed E-state index contributed by atoms with van der Waals surface area (Å²) >= 11 is 0. The zero-order chi connectivity index (χ0) is 22.2. The Morgan fingerprint density at radius 3 is 2.03 bits per heavy atom. The Labute approximate surface area is 196 Å². The molecule has 1 unspecified atom stereocenters. The molecular formula is C31H41N. The highest BCUT2D eigenvalue weighted by Crippen LogP contribution is 2.42. The molecule has 2 fully saturated rings. The third kappa shape index (κ3) is 6.04. The third-order valence-electron chi connectivity index (χ3n) is 8.52. The van der Waals surface area contributed by atoms with Gasteiger partial charge in [0.1, 0.15) is 0 Å². The highest BCUT2D eigenvalue weighted by atomic mass is 14.4. The average molecular weight is 428 g/mol. The van der Waals surface area contributed by atoms with E-state index in [4.69, 9.17) is 0 Å². The van der Waals surface area contributed by atoms with Crippen LogP contribution in [0.25, 0.3) is 11.1 Å². The monoisotopic (exact) mass is 427 g/mol. The maximum atomic E-state index is 9.92. The molecule has 0 saturated heterocycles. The van der Waals surface area contributed by atoms with Crippen LogP contribution in [-0.4, -0.2) is 0 Å². The molecule has 2 saturated carbocycles. The Kier molecular flexibility index (Phi) is 8.44. The lowest BCUT2D eigenvalue weighted by molar-refractivity contribution is 0.188. The van der Waals surface area contributed by atoms with E-state index in [1.807, 2.05) is 0 Å². The molecule has 0 bridgehead atoms. The summed E-state index contributed by atoms with van der Waals surface area (Å²) in [5, 5.41) is 9.92. The molecule has 1 nitrogen and oxygen atoms in total. The van der Waals surface area contributed by atoms with Gasteiger partial charge in [0.05, 0.1) is 6.07 Å². The Balaban J connectivity index is 1.24. The first-order valence-corrected chi connectivity index (χ1v) is 13.3. The number of hydrogen-bond acceptors (Lipinski definition) is 1. The van der Waals surface area contributed by atoms with Gasteiger partial charge in [-0.3, -0.25) is 0 Å². The second-order valence-corrected chi connectivity index (χ2v) is 10.6.